The van der Waals surface area contributed by atoms with Crippen LogP contribution in [0.5, 0.6) is 0 Å². The summed E-state index contributed by atoms with van der Waals surface area (Å²) in [7, 11) is 0. The van der Waals surface area contributed by atoms with E-state index in [1.807, 2.05) is 0 Å². The predicted octanol–water partition coefficient (Wildman–Crippen LogP) is 1.94. The van der Waals surface area contributed by atoms with Crippen molar-refractivity contribution < 1.29 is 18.7 Å². The van der Waals surface area contributed by atoms with Gasteiger partial charge in [0.1, 0.15) is 11.6 Å². The van der Waals surface area contributed by atoms with Crippen LogP contribution in [-0.4, -0.2) is 11.1 Å². The van der Waals surface area contributed by atoms with Crippen LogP contribution in [0.25, 0.3) is 0 Å². The van der Waals surface area contributed by atoms with Crippen LogP contribution >= 0.6 is 0 Å². The maximum Gasteiger partial charge on any atom is 0.307 e. The summed E-state index contributed by atoms with van der Waals surface area (Å²) in [5.41, 5.74) is 0.676. The van der Waals surface area contributed by atoms with Crippen molar-refractivity contribution in [2.24, 2.45) is 11.8 Å². The van der Waals surface area contributed by atoms with E-state index in [4.69, 9.17) is 5.11 Å². The van der Waals surface area contributed by atoms with Gasteiger partial charge in [0.05, 0.1) is 5.92 Å². The van der Waals surface area contributed by atoms with Crippen molar-refractivity contribution in [1.29, 1.82) is 0 Å². The second kappa shape index (κ2) is 2.56. The van der Waals surface area contributed by atoms with E-state index in [-0.39, 0.29) is 11.8 Å². The minimum atomic E-state index is -0.903. The molecule has 1 N–H and O–H groups in total. The number of benzene rings is 1. The Morgan fingerprint density at radius 3 is 2.67 bits per heavy atom. The molecule has 2 aliphatic rings. The van der Waals surface area contributed by atoms with Gasteiger partial charge < -0.3 is 5.11 Å². The summed E-state index contributed by atoms with van der Waals surface area (Å²) in [5, 5.41) is 8.83. The van der Waals surface area contributed by atoms with Crippen LogP contribution < -0.4 is 0 Å². The topological polar surface area (TPSA) is 37.3 Å². The number of rotatable bonds is 1. The third kappa shape index (κ3) is 0.991. The zero-order valence-corrected chi connectivity index (χ0v) is 7.71. The molecule has 1 aromatic carbocycles. The van der Waals surface area contributed by atoms with Crippen LogP contribution in [0.15, 0.2) is 12.1 Å². The molecule has 3 rings (SSSR count). The highest BCUT2D eigenvalue weighted by atomic mass is 19.1. The molecular formula is C11H8F2O2. The van der Waals surface area contributed by atoms with Crippen molar-refractivity contribution in [1.82, 2.24) is 0 Å². The van der Waals surface area contributed by atoms with Crippen LogP contribution in [0.4, 0.5) is 8.78 Å². The molecule has 0 aliphatic heterocycles. The minimum Gasteiger partial charge on any atom is -0.481 e. The summed E-state index contributed by atoms with van der Waals surface area (Å²) < 4.78 is 26.7. The molecule has 78 valence electrons. The summed E-state index contributed by atoms with van der Waals surface area (Å²) >= 11 is 0. The van der Waals surface area contributed by atoms with E-state index in [0.29, 0.717) is 17.5 Å². The number of hydrogen-bond donors (Lipinski definition) is 1. The van der Waals surface area contributed by atoms with Gasteiger partial charge in [-0.1, -0.05) is 0 Å². The lowest BCUT2D eigenvalue weighted by atomic mass is 10.0. The van der Waals surface area contributed by atoms with Gasteiger partial charge in [0.15, 0.2) is 0 Å². The lowest BCUT2D eigenvalue weighted by molar-refractivity contribution is -0.139. The first kappa shape index (κ1) is 8.83. The van der Waals surface area contributed by atoms with E-state index >= 15 is 0 Å². The number of carbonyl (C=O) groups is 1. The summed E-state index contributed by atoms with van der Waals surface area (Å²) in [6.45, 7) is 0. The van der Waals surface area contributed by atoms with Gasteiger partial charge in [0.25, 0.3) is 0 Å². The summed E-state index contributed by atoms with van der Waals surface area (Å²) in [6, 6.07) is 2.18. The third-order valence-electron chi connectivity index (χ3n) is 3.47. The fourth-order valence-corrected chi connectivity index (χ4v) is 2.77. The number of fused-ring (bicyclic) bond motifs is 3. The standard InChI is InChI=1S/C11H8F2O2/c12-6-1-2-7(13)8-4(6)3-5-9(8)10(5)11(14)15/h1-2,5,9-10H,3H2,(H,14,15)/t5-,9-,10?/m0/s1. The number of carboxylic acid groups (broad SMARTS) is 1. The molecule has 0 radical (unpaired) electrons. The van der Waals surface area contributed by atoms with Crippen LogP contribution in [0, 0.1) is 23.5 Å². The average molecular weight is 210 g/mol. The van der Waals surface area contributed by atoms with Gasteiger partial charge in [-0.05, 0) is 35.6 Å². The first-order valence-electron chi connectivity index (χ1n) is 4.81. The highest BCUT2D eigenvalue weighted by molar-refractivity contribution is 5.77. The van der Waals surface area contributed by atoms with Gasteiger partial charge in [-0.2, -0.15) is 0 Å². The van der Waals surface area contributed by atoms with Crippen LogP contribution in [-0.2, 0) is 11.2 Å². The molecule has 4 heteroatoms. The average Bonchev–Trinajstić information content (AvgIpc) is 2.75. The van der Waals surface area contributed by atoms with E-state index in [1.54, 1.807) is 0 Å². The zero-order chi connectivity index (χ0) is 10.7. The number of aliphatic carboxylic acids is 1. The van der Waals surface area contributed by atoms with Gasteiger partial charge >= 0.3 is 5.97 Å². The van der Waals surface area contributed by atoms with E-state index in [0.717, 1.165) is 12.1 Å². The van der Waals surface area contributed by atoms with Crippen LogP contribution in [0.1, 0.15) is 17.0 Å². The van der Waals surface area contributed by atoms with E-state index in [2.05, 4.69) is 0 Å². The SMILES string of the molecule is O=C(O)C1[C@H]2Cc3c(F)ccc(F)c3[C@@H]12. The maximum absolute atomic E-state index is 13.4. The van der Waals surface area contributed by atoms with Gasteiger partial charge in [0, 0.05) is 5.92 Å². The minimum absolute atomic E-state index is 0.0936. The lowest BCUT2D eigenvalue weighted by Crippen LogP contribution is -2.07. The molecule has 2 nitrogen and oxygen atoms in total. The maximum atomic E-state index is 13.4. The molecule has 2 aliphatic carbocycles. The number of hydrogen-bond acceptors (Lipinski definition) is 1. The van der Waals surface area contributed by atoms with Crippen LogP contribution in [0.3, 0.4) is 0 Å². The normalized spacial score (nSPS) is 30.9. The molecule has 0 heterocycles. The Morgan fingerprint density at radius 1 is 1.33 bits per heavy atom. The van der Waals surface area contributed by atoms with Gasteiger partial charge in [-0.3, -0.25) is 4.79 Å². The molecule has 0 aromatic heterocycles. The smallest absolute Gasteiger partial charge is 0.307 e. The molecule has 0 saturated heterocycles. The van der Waals surface area contributed by atoms with E-state index in [9.17, 15) is 13.6 Å². The molecular weight excluding hydrogens is 202 g/mol. The summed E-state index contributed by atoms with van der Waals surface area (Å²) in [5.74, 6) is -2.68. The molecule has 0 amide bonds. The highest BCUT2D eigenvalue weighted by Gasteiger charge is 2.61. The fraction of sp³-hybridized carbons (Fsp3) is 0.364. The largest absolute Gasteiger partial charge is 0.481 e. The Bertz CT molecular complexity index is 470. The predicted molar refractivity (Wildman–Crippen MR) is 47.4 cm³/mol. The Kier molecular flexibility index (Phi) is 1.51. The van der Waals surface area contributed by atoms with E-state index < -0.39 is 23.5 Å². The second-order valence-corrected chi connectivity index (χ2v) is 4.18. The van der Waals surface area contributed by atoms with Gasteiger partial charge in [-0.25, -0.2) is 8.78 Å². The molecule has 1 unspecified atom stereocenters. The monoisotopic (exact) mass is 210 g/mol. The molecule has 3 atom stereocenters. The van der Waals surface area contributed by atoms with Gasteiger partial charge in [-0.15, -0.1) is 0 Å². The molecule has 1 fully saturated rings. The van der Waals surface area contributed by atoms with Crippen molar-refractivity contribution in [3.05, 3.63) is 34.9 Å². The second-order valence-electron chi connectivity index (χ2n) is 4.18. The van der Waals surface area contributed by atoms with Gasteiger partial charge in [0.2, 0.25) is 0 Å². The molecule has 1 aromatic rings. The molecule has 15 heavy (non-hydrogen) atoms. The number of halogens is 2. The van der Waals surface area contributed by atoms with Crippen molar-refractivity contribution in [3.63, 3.8) is 0 Å². The first-order valence-corrected chi connectivity index (χ1v) is 4.81. The Morgan fingerprint density at radius 2 is 2.00 bits per heavy atom. The van der Waals surface area contributed by atoms with E-state index in [1.165, 1.54) is 0 Å². The molecule has 1 saturated carbocycles. The quantitative estimate of drug-likeness (QED) is 0.769. The van der Waals surface area contributed by atoms with Crippen molar-refractivity contribution >= 4 is 5.97 Å². The summed E-state index contributed by atoms with van der Waals surface area (Å²) in [4.78, 5) is 10.8. The van der Waals surface area contributed by atoms with Crippen molar-refractivity contribution in [3.8, 4) is 0 Å². The summed E-state index contributed by atoms with van der Waals surface area (Å²) in [6.07, 6.45) is 0.362. The zero-order valence-electron chi connectivity index (χ0n) is 7.71. The van der Waals surface area contributed by atoms with Crippen LogP contribution in [0.2, 0.25) is 0 Å². The lowest BCUT2D eigenvalue weighted by Gasteiger charge is -2.07. The Hall–Kier alpha value is -1.45. The third-order valence-corrected chi connectivity index (χ3v) is 3.47. The van der Waals surface area contributed by atoms with Crippen molar-refractivity contribution in [2.75, 3.05) is 0 Å². The molecule has 0 spiro atoms. The van der Waals surface area contributed by atoms with Crippen molar-refractivity contribution in [2.45, 2.75) is 12.3 Å². The fourth-order valence-electron chi connectivity index (χ4n) is 2.77. The molecule has 0 bridgehead atoms. The first-order chi connectivity index (χ1) is 7.11. The number of carboxylic acids is 1. The Labute approximate surface area is 84.5 Å². The Balaban J connectivity index is 2.09. The highest BCUT2D eigenvalue weighted by Crippen LogP contribution is 2.62.